The number of thiazole rings is 1. The summed E-state index contributed by atoms with van der Waals surface area (Å²) in [7, 11) is 0. The van der Waals surface area contributed by atoms with E-state index in [-0.39, 0.29) is 23.1 Å². The van der Waals surface area contributed by atoms with Crippen LogP contribution in [-0.4, -0.2) is 28.5 Å². The van der Waals surface area contributed by atoms with Gasteiger partial charge in [0.05, 0.1) is 6.42 Å². The molecule has 1 amide bonds. The fourth-order valence-electron chi connectivity index (χ4n) is 2.75. The van der Waals surface area contributed by atoms with Crippen LogP contribution in [0.5, 0.6) is 0 Å². The van der Waals surface area contributed by atoms with Crippen molar-refractivity contribution in [3.05, 3.63) is 50.7 Å². The minimum Gasteiger partial charge on any atom is -0.333 e. The summed E-state index contributed by atoms with van der Waals surface area (Å²) in [4.78, 5) is 18.4. The molecule has 3 rings (SSSR count). The van der Waals surface area contributed by atoms with Crippen molar-refractivity contribution in [2.75, 3.05) is 6.54 Å². The number of hydrogen-bond acceptors (Lipinski definition) is 3. The molecule has 0 saturated heterocycles. The summed E-state index contributed by atoms with van der Waals surface area (Å²) in [6.45, 7) is 2.25. The maximum Gasteiger partial charge on any atom is 0.395 e. The Hall–Kier alpha value is -1.96. The first kappa shape index (κ1) is 16.9. The van der Waals surface area contributed by atoms with Gasteiger partial charge in [-0.15, -0.1) is 11.3 Å². The molecule has 0 unspecified atom stereocenters. The topological polar surface area (TPSA) is 33.2 Å². The quantitative estimate of drug-likeness (QED) is 0.763. The van der Waals surface area contributed by atoms with Gasteiger partial charge in [0.25, 0.3) is 5.91 Å². The molecule has 0 spiro atoms. The summed E-state index contributed by atoms with van der Waals surface area (Å²) in [6, 6.07) is 4.46. The average molecular weight is 358 g/mol. The molecule has 8 heteroatoms. The van der Waals surface area contributed by atoms with Crippen molar-refractivity contribution in [2.24, 2.45) is 0 Å². The van der Waals surface area contributed by atoms with Crippen molar-refractivity contribution in [2.45, 2.75) is 32.5 Å². The summed E-state index contributed by atoms with van der Waals surface area (Å²) >= 11 is 0.883. The molecule has 0 fully saturated rings. The summed E-state index contributed by atoms with van der Waals surface area (Å²) in [5, 5.41) is -0.119. The van der Waals surface area contributed by atoms with Crippen LogP contribution in [0.2, 0.25) is 0 Å². The van der Waals surface area contributed by atoms with Gasteiger partial charge in [0.1, 0.15) is 16.5 Å². The normalized spacial score (nSPS) is 14.6. The average Bonchev–Trinajstić information content (AvgIpc) is 2.84. The number of rotatable bonds is 2. The number of carbonyl (C=O) groups is 1. The van der Waals surface area contributed by atoms with Crippen molar-refractivity contribution < 1.29 is 22.4 Å². The third-order valence-electron chi connectivity index (χ3n) is 3.86. The third-order valence-corrected chi connectivity index (χ3v) is 4.83. The highest BCUT2D eigenvalue weighted by molar-refractivity contribution is 7.11. The Morgan fingerprint density at radius 3 is 2.79 bits per heavy atom. The highest BCUT2D eigenvalue weighted by Gasteiger charge is 2.31. The predicted molar refractivity (Wildman–Crippen MR) is 81.5 cm³/mol. The van der Waals surface area contributed by atoms with Crippen LogP contribution in [0.1, 0.15) is 31.5 Å². The Morgan fingerprint density at radius 2 is 2.08 bits per heavy atom. The number of halogens is 4. The molecule has 0 aliphatic carbocycles. The number of hydrogen-bond donors (Lipinski definition) is 0. The number of benzene rings is 1. The van der Waals surface area contributed by atoms with Gasteiger partial charge in [-0.05, 0) is 36.6 Å². The van der Waals surface area contributed by atoms with Gasteiger partial charge in [-0.1, -0.05) is 6.07 Å². The lowest BCUT2D eigenvalue weighted by molar-refractivity contribution is -0.127. The Labute approximate surface area is 139 Å². The number of alkyl halides is 3. The molecule has 128 valence electrons. The van der Waals surface area contributed by atoms with Crippen molar-refractivity contribution in [1.82, 2.24) is 9.88 Å². The van der Waals surface area contributed by atoms with Gasteiger partial charge < -0.3 is 4.90 Å². The molecule has 0 radical (unpaired) electrons. The number of aromatic nitrogens is 1. The van der Waals surface area contributed by atoms with Crippen molar-refractivity contribution in [3.8, 4) is 0 Å². The van der Waals surface area contributed by atoms with E-state index in [1.165, 1.54) is 17.0 Å². The lowest BCUT2D eigenvalue weighted by Crippen LogP contribution is -2.36. The zero-order valence-electron chi connectivity index (χ0n) is 12.8. The smallest absolute Gasteiger partial charge is 0.333 e. The molecule has 0 bridgehead atoms. The number of carbonyl (C=O) groups excluding carboxylic acids is 1. The van der Waals surface area contributed by atoms with Crippen LogP contribution in [0, 0.1) is 12.7 Å². The molecule has 1 aliphatic heterocycles. The molecule has 1 aromatic heterocycles. The van der Waals surface area contributed by atoms with Gasteiger partial charge >= 0.3 is 6.18 Å². The molecule has 24 heavy (non-hydrogen) atoms. The van der Waals surface area contributed by atoms with Crippen LogP contribution in [0.15, 0.2) is 18.2 Å². The molecule has 0 N–H and O–H groups in total. The van der Waals surface area contributed by atoms with E-state index in [2.05, 4.69) is 4.98 Å². The maximum absolute atomic E-state index is 13.4. The second kappa shape index (κ2) is 6.16. The second-order valence-corrected chi connectivity index (χ2v) is 6.98. The van der Waals surface area contributed by atoms with Gasteiger partial charge in [-0.2, -0.15) is 13.2 Å². The fourth-order valence-corrected chi connectivity index (χ4v) is 3.70. The van der Waals surface area contributed by atoms with Gasteiger partial charge in [0.15, 0.2) is 0 Å². The summed E-state index contributed by atoms with van der Waals surface area (Å²) < 4.78 is 50.8. The van der Waals surface area contributed by atoms with Gasteiger partial charge in [0.2, 0.25) is 0 Å². The zero-order chi connectivity index (χ0) is 17.5. The Balaban J connectivity index is 1.80. The van der Waals surface area contributed by atoms with E-state index < -0.39 is 18.5 Å². The highest BCUT2D eigenvalue weighted by atomic mass is 32.1. The minimum atomic E-state index is -4.35. The molecule has 0 atom stereocenters. The molecule has 3 nitrogen and oxygen atoms in total. The standard InChI is InChI=1S/C16H14F4N2OS/c1-9-14(21-13(24-9)7-16(18,19)20)15(23)22-5-4-10-2-3-12(17)6-11(10)8-22/h2-3,6H,4-5,7-8H2,1H3. The summed E-state index contributed by atoms with van der Waals surface area (Å²) in [6.07, 6.45) is -4.91. The van der Waals surface area contributed by atoms with Gasteiger partial charge in [-0.3, -0.25) is 4.79 Å². The van der Waals surface area contributed by atoms with Crippen LogP contribution in [-0.2, 0) is 19.4 Å². The van der Waals surface area contributed by atoms with Gasteiger partial charge in [-0.25, -0.2) is 9.37 Å². The first-order valence-corrected chi connectivity index (χ1v) is 8.14. The Kier molecular flexibility index (Phi) is 4.33. The SMILES string of the molecule is Cc1sc(CC(F)(F)F)nc1C(=O)N1CCc2ccc(F)cc2C1. The number of fused-ring (bicyclic) bond motifs is 1. The largest absolute Gasteiger partial charge is 0.395 e. The Morgan fingerprint density at radius 1 is 1.33 bits per heavy atom. The van der Waals surface area contributed by atoms with E-state index in [1.807, 2.05) is 0 Å². The highest BCUT2D eigenvalue weighted by Crippen LogP contribution is 2.28. The number of amides is 1. The van der Waals surface area contributed by atoms with E-state index in [0.29, 0.717) is 17.8 Å². The van der Waals surface area contributed by atoms with Crippen LogP contribution >= 0.6 is 11.3 Å². The van der Waals surface area contributed by atoms with Crippen LogP contribution < -0.4 is 0 Å². The van der Waals surface area contributed by atoms with Crippen molar-refractivity contribution in [3.63, 3.8) is 0 Å². The van der Waals surface area contributed by atoms with Crippen molar-refractivity contribution >= 4 is 17.2 Å². The molecular weight excluding hydrogens is 344 g/mol. The second-order valence-electron chi connectivity index (χ2n) is 5.69. The number of nitrogens with zero attached hydrogens (tertiary/aromatic N) is 2. The van der Waals surface area contributed by atoms with Crippen molar-refractivity contribution in [1.29, 1.82) is 0 Å². The Bertz CT molecular complexity index is 785. The summed E-state index contributed by atoms with van der Waals surface area (Å²) in [5.41, 5.74) is 1.75. The van der Waals surface area contributed by atoms with Crippen LogP contribution in [0.4, 0.5) is 17.6 Å². The lowest BCUT2D eigenvalue weighted by atomic mass is 9.99. The minimum absolute atomic E-state index is 0.0547. The molecule has 1 aromatic carbocycles. The van der Waals surface area contributed by atoms with Crippen LogP contribution in [0.25, 0.3) is 0 Å². The molecule has 2 aromatic rings. The van der Waals surface area contributed by atoms with E-state index in [9.17, 15) is 22.4 Å². The molecule has 2 heterocycles. The molecule has 0 saturated carbocycles. The molecular formula is C16H14F4N2OS. The third kappa shape index (κ3) is 3.58. The predicted octanol–water partition coefficient (Wildman–Crippen LogP) is 3.89. The molecule has 1 aliphatic rings. The maximum atomic E-state index is 13.4. The summed E-state index contributed by atoms with van der Waals surface area (Å²) in [5.74, 6) is -0.785. The monoisotopic (exact) mass is 358 g/mol. The van der Waals surface area contributed by atoms with E-state index in [4.69, 9.17) is 0 Å². The van der Waals surface area contributed by atoms with E-state index in [1.54, 1.807) is 13.0 Å². The number of aryl methyl sites for hydroxylation is 1. The van der Waals surface area contributed by atoms with E-state index >= 15 is 0 Å². The van der Waals surface area contributed by atoms with Crippen LogP contribution in [0.3, 0.4) is 0 Å². The fraction of sp³-hybridized carbons (Fsp3) is 0.375. The zero-order valence-corrected chi connectivity index (χ0v) is 13.6. The first-order valence-electron chi connectivity index (χ1n) is 7.32. The lowest BCUT2D eigenvalue weighted by Gasteiger charge is -2.28. The van der Waals surface area contributed by atoms with Gasteiger partial charge in [0, 0.05) is 18.0 Å². The first-order chi connectivity index (χ1) is 11.2. The van der Waals surface area contributed by atoms with E-state index in [0.717, 1.165) is 22.5 Å².